The first-order chi connectivity index (χ1) is 9.38. The highest BCUT2D eigenvalue weighted by molar-refractivity contribution is 4.72. The molecule has 4 nitrogen and oxygen atoms in total. The molecule has 0 aromatic carbocycles. The lowest BCUT2D eigenvalue weighted by molar-refractivity contribution is 0.00550. The number of ether oxygens (including phenoxy) is 2. The molecule has 2 aliphatic heterocycles. The molecule has 0 bridgehead atoms. The van der Waals surface area contributed by atoms with Crippen molar-refractivity contribution in [2.45, 2.75) is 51.2 Å². The van der Waals surface area contributed by atoms with E-state index in [1.54, 1.807) is 0 Å². The Morgan fingerprint density at radius 3 is 2.37 bits per heavy atom. The normalized spacial score (nSPS) is 23.8. The van der Waals surface area contributed by atoms with Gasteiger partial charge >= 0.3 is 0 Å². The molecule has 2 aliphatic rings. The van der Waals surface area contributed by atoms with Crippen LogP contribution < -0.4 is 5.32 Å². The zero-order chi connectivity index (χ0) is 13.3. The molecule has 0 atom stereocenters. The van der Waals surface area contributed by atoms with Crippen LogP contribution in [0, 0.1) is 0 Å². The van der Waals surface area contributed by atoms with Crippen molar-refractivity contribution >= 4 is 0 Å². The predicted molar refractivity (Wildman–Crippen MR) is 77.5 cm³/mol. The van der Waals surface area contributed by atoms with Gasteiger partial charge in [0, 0.05) is 32.8 Å². The summed E-state index contributed by atoms with van der Waals surface area (Å²) < 4.78 is 11.6. The first kappa shape index (κ1) is 15.2. The summed E-state index contributed by atoms with van der Waals surface area (Å²) >= 11 is 0. The molecule has 112 valence electrons. The van der Waals surface area contributed by atoms with E-state index in [1.807, 2.05) is 0 Å². The van der Waals surface area contributed by atoms with Crippen LogP contribution in [-0.4, -0.2) is 63.0 Å². The Balaban J connectivity index is 1.47. The number of nitrogens with zero attached hydrogens (tertiary/aromatic N) is 1. The highest BCUT2D eigenvalue weighted by atomic mass is 16.5. The summed E-state index contributed by atoms with van der Waals surface area (Å²) in [6.45, 7) is 9.68. The standard InChI is InChI=1S/C15H30N2O2/c1-2-18-15-6-11-17(12-7-15)10-3-13-19-14-4-8-16-9-5-14/h14-16H,2-13H2,1H3. The fourth-order valence-corrected chi connectivity index (χ4v) is 3.04. The van der Waals surface area contributed by atoms with E-state index in [2.05, 4.69) is 17.1 Å². The van der Waals surface area contributed by atoms with Gasteiger partial charge in [0.25, 0.3) is 0 Å². The molecule has 0 radical (unpaired) electrons. The van der Waals surface area contributed by atoms with Crippen molar-refractivity contribution in [1.29, 1.82) is 0 Å². The average molecular weight is 270 g/mol. The maximum atomic E-state index is 5.94. The van der Waals surface area contributed by atoms with E-state index in [1.165, 1.54) is 51.7 Å². The topological polar surface area (TPSA) is 33.7 Å². The molecule has 0 aromatic heterocycles. The first-order valence-corrected chi connectivity index (χ1v) is 8.04. The van der Waals surface area contributed by atoms with Gasteiger partial charge in [0.2, 0.25) is 0 Å². The third kappa shape index (κ3) is 5.78. The van der Waals surface area contributed by atoms with Gasteiger partial charge in [-0.1, -0.05) is 0 Å². The number of hydrogen-bond acceptors (Lipinski definition) is 4. The molecule has 19 heavy (non-hydrogen) atoms. The minimum atomic E-state index is 0.505. The number of piperidine rings is 2. The van der Waals surface area contributed by atoms with Crippen LogP contribution in [0.25, 0.3) is 0 Å². The van der Waals surface area contributed by atoms with Crippen LogP contribution in [0.3, 0.4) is 0 Å². The Bertz CT molecular complexity index is 224. The SMILES string of the molecule is CCOC1CCN(CCCOC2CCNCC2)CC1. The van der Waals surface area contributed by atoms with Gasteiger partial charge < -0.3 is 19.7 Å². The molecular formula is C15H30N2O2. The Hall–Kier alpha value is -0.160. The van der Waals surface area contributed by atoms with Gasteiger partial charge in [0.1, 0.15) is 0 Å². The third-order valence-corrected chi connectivity index (χ3v) is 4.20. The van der Waals surface area contributed by atoms with Crippen molar-refractivity contribution in [2.75, 3.05) is 45.9 Å². The van der Waals surface area contributed by atoms with Gasteiger partial charge in [-0.2, -0.15) is 0 Å². The lowest BCUT2D eigenvalue weighted by Gasteiger charge is -2.31. The molecular weight excluding hydrogens is 240 g/mol. The lowest BCUT2D eigenvalue weighted by Crippen LogP contribution is -2.38. The number of hydrogen-bond donors (Lipinski definition) is 1. The highest BCUT2D eigenvalue weighted by Crippen LogP contribution is 2.14. The minimum Gasteiger partial charge on any atom is -0.378 e. The lowest BCUT2D eigenvalue weighted by atomic mass is 10.1. The van der Waals surface area contributed by atoms with E-state index < -0.39 is 0 Å². The predicted octanol–water partition coefficient (Wildman–Crippen LogP) is 1.65. The summed E-state index contributed by atoms with van der Waals surface area (Å²) in [7, 11) is 0. The van der Waals surface area contributed by atoms with E-state index >= 15 is 0 Å². The summed E-state index contributed by atoms with van der Waals surface area (Å²) in [6, 6.07) is 0. The van der Waals surface area contributed by atoms with Crippen LogP contribution in [0.5, 0.6) is 0 Å². The maximum absolute atomic E-state index is 5.94. The second kappa shape index (κ2) is 8.90. The van der Waals surface area contributed by atoms with Crippen LogP contribution >= 0.6 is 0 Å². The van der Waals surface area contributed by atoms with Crippen LogP contribution in [0.15, 0.2) is 0 Å². The quantitative estimate of drug-likeness (QED) is 0.713. The van der Waals surface area contributed by atoms with E-state index in [-0.39, 0.29) is 0 Å². The molecule has 0 amide bonds. The molecule has 1 N–H and O–H groups in total. The van der Waals surface area contributed by atoms with Crippen LogP contribution in [0.2, 0.25) is 0 Å². The number of nitrogens with one attached hydrogen (secondary N) is 1. The summed E-state index contributed by atoms with van der Waals surface area (Å²) in [5.74, 6) is 0. The van der Waals surface area contributed by atoms with Gasteiger partial charge in [-0.15, -0.1) is 0 Å². The Morgan fingerprint density at radius 2 is 1.68 bits per heavy atom. The smallest absolute Gasteiger partial charge is 0.0599 e. The zero-order valence-corrected chi connectivity index (χ0v) is 12.4. The minimum absolute atomic E-state index is 0.505. The Kier molecular flexibility index (Phi) is 7.14. The van der Waals surface area contributed by atoms with E-state index in [0.29, 0.717) is 12.2 Å². The molecule has 2 rings (SSSR count). The molecule has 0 saturated carbocycles. The molecule has 2 saturated heterocycles. The Labute approximate surface area is 117 Å². The van der Waals surface area contributed by atoms with Crippen molar-refractivity contribution in [3.05, 3.63) is 0 Å². The molecule has 0 spiro atoms. The summed E-state index contributed by atoms with van der Waals surface area (Å²) in [4.78, 5) is 2.56. The summed E-state index contributed by atoms with van der Waals surface area (Å²) in [5, 5.41) is 3.37. The maximum Gasteiger partial charge on any atom is 0.0599 e. The fraction of sp³-hybridized carbons (Fsp3) is 1.00. The first-order valence-electron chi connectivity index (χ1n) is 8.04. The zero-order valence-electron chi connectivity index (χ0n) is 12.4. The van der Waals surface area contributed by atoms with Gasteiger partial charge in [-0.25, -0.2) is 0 Å². The van der Waals surface area contributed by atoms with Crippen molar-refractivity contribution in [2.24, 2.45) is 0 Å². The number of likely N-dealkylation sites (tertiary alicyclic amines) is 1. The van der Waals surface area contributed by atoms with Gasteiger partial charge in [0.15, 0.2) is 0 Å². The van der Waals surface area contributed by atoms with Crippen LogP contribution in [0.4, 0.5) is 0 Å². The largest absolute Gasteiger partial charge is 0.378 e. The van der Waals surface area contributed by atoms with Crippen molar-refractivity contribution in [1.82, 2.24) is 10.2 Å². The van der Waals surface area contributed by atoms with Gasteiger partial charge in [-0.05, 0) is 52.1 Å². The molecule has 0 aromatic rings. The highest BCUT2D eigenvalue weighted by Gasteiger charge is 2.19. The molecule has 4 heteroatoms. The van der Waals surface area contributed by atoms with Gasteiger partial charge in [-0.3, -0.25) is 0 Å². The van der Waals surface area contributed by atoms with E-state index in [9.17, 15) is 0 Å². The third-order valence-electron chi connectivity index (χ3n) is 4.20. The molecule has 0 unspecified atom stereocenters. The second-order valence-corrected chi connectivity index (χ2v) is 5.67. The van der Waals surface area contributed by atoms with E-state index in [0.717, 1.165) is 26.3 Å². The summed E-state index contributed by atoms with van der Waals surface area (Å²) in [5.41, 5.74) is 0. The fourth-order valence-electron chi connectivity index (χ4n) is 3.04. The average Bonchev–Trinajstić information content (AvgIpc) is 2.47. The molecule has 2 fully saturated rings. The van der Waals surface area contributed by atoms with Gasteiger partial charge in [0.05, 0.1) is 12.2 Å². The van der Waals surface area contributed by atoms with E-state index in [4.69, 9.17) is 9.47 Å². The van der Waals surface area contributed by atoms with Crippen LogP contribution in [-0.2, 0) is 9.47 Å². The number of rotatable bonds is 7. The van der Waals surface area contributed by atoms with Crippen molar-refractivity contribution < 1.29 is 9.47 Å². The van der Waals surface area contributed by atoms with Crippen molar-refractivity contribution in [3.8, 4) is 0 Å². The second-order valence-electron chi connectivity index (χ2n) is 5.67. The summed E-state index contributed by atoms with van der Waals surface area (Å²) in [6.07, 6.45) is 6.94. The monoisotopic (exact) mass is 270 g/mol. The Morgan fingerprint density at radius 1 is 1.00 bits per heavy atom. The van der Waals surface area contributed by atoms with Crippen LogP contribution in [0.1, 0.15) is 39.0 Å². The van der Waals surface area contributed by atoms with Crippen molar-refractivity contribution in [3.63, 3.8) is 0 Å². The molecule has 2 heterocycles. The molecule has 0 aliphatic carbocycles.